The van der Waals surface area contributed by atoms with Gasteiger partial charge in [0.05, 0.1) is 22.8 Å². The quantitative estimate of drug-likeness (QED) is 0.777. The molecular formula is C15H15Cl2NO2S. The third-order valence-electron chi connectivity index (χ3n) is 3.13. The van der Waals surface area contributed by atoms with Crippen molar-refractivity contribution in [3.05, 3.63) is 38.7 Å². The molecule has 1 aromatic carbocycles. The van der Waals surface area contributed by atoms with Gasteiger partial charge in [0.2, 0.25) is 0 Å². The number of benzene rings is 1. The molecule has 112 valence electrons. The predicted octanol–water partition coefficient (Wildman–Crippen LogP) is 5.21. The molecule has 0 aliphatic carbocycles. The van der Waals surface area contributed by atoms with E-state index in [9.17, 15) is 4.79 Å². The van der Waals surface area contributed by atoms with Gasteiger partial charge in [0, 0.05) is 10.4 Å². The molecule has 0 aliphatic rings. The monoisotopic (exact) mass is 343 g/mol. The molecular weight excluding hydrogens is 329 g/mol. The summed E-state index contributed by atoms with van der Waals surface area (Å²) in [6.07, 6.45) is 0. The van der Waals surface area contributed by atoms with Gasteiger partial charge in [-0.15, -0.1) is 11.3 Å². The normalized spacial score (nSPS) is 11.0. The summed E-state index contributed by atoms with van der Waals surface area (Å²) in [6.45, 7) is 4.03. The average Bonchev–Trinajstić information content (AvgIpc) is 2.78. The Hall–Kier alpha value is -1.23. The molecule has 21 heavy (non-hydrogen) atoms. The molecule has 0 fully saturated rings. The van der Waals surface area contributed by atoms with E-state index in [2.05, 4.69) is 0 Å². The fraction of sp³-hybridized carbons (Fsp3) is 0.267. The van der Waals surface area contributed by atoms with Crippen LogP contribution in [-0.4, -0.2) is 13.1 Å². The second-order valence-corrected chi connectivity index (χ2v) is 6.64. The van der Waals surface area contributed by atoms with Crippen molar-refractivity contribution in [3.8, 4) is 10.4 Å². The van der Waals surface area contributed by atoms with Crippen molar-refractivity contribution < 1.29 is 9.53 Å². The lowest BCUT2D eigenvalue weighted by Crippen LogP contribution is -2.03. The summed E-state index contributed by atoms with van der Waals surface area (Å²) in [6, 6.07) is 5.41. The number of rotatable bonds is 3. The van der Waals surface area contributed by atoms with Crippen LogP contribution in [0.25, 0.3) is 10.4 Å². The van der Waals surface area contributed by atoms with Gasteiger partial charge in [0.15, 0.2) is 0 Å². The van der Waals surface area contributed by atoms with Crippen LogP contribution in [0.15, 0.2) is 18.2 Å². The van der Waals surface area contributed by atoms with Gasteiger partial charge in [-0.3, -0.25) is 0 Å². The summed E-state index contributed by atoms with van der Waals surface area (Å²) in [5, 5.41) is 0.925. The van der Waals surface area contributed by atoms with Crippen LogP contribution in [0, 0.1) is 0 Å². The summed E-state index contributed by atoms with van der Waals surface area (Å²) in [7, 11) is 1.34. The zero-order valence-electron chi connectivity index (χ0n) is 11.9. The number of nitrogens with two attached hydrogens (primary N) is 1. The number of thiophene rings is 1. The Kier molecular flexibility index (Phi) is 4.81. The summed E-state index contributed by atoms with van der Waals surface area (Å²) in [4.78, 5) is 13.1. The molecule has 0 atom stereocenters. The minimum Gasteiger partial charge on any atom is -0.465 e. The van der Waals surface area contributed by atoms with Crippen LogP contribution < -0.4 is 5.73 Å². The number of esters is 1. The van der Waals surface area contributed by atoms with Crippen LogP contribution in [0.1, 0.15) is 35.0 Å². The van der Waals surface area contributed by atoms with E-state index in [1.54, 1.807) is 6.07 Å². The molecule has 3 nitrogen and oxygen atoms in total. The van der Waals surface area contributed by atoms with Crippen LogP contribution in [0.4, 0.5) is 5.69 Å². The van der Waals surface area contributed by atoms with Crippen LogP contribution in [-0.2, 0) is 4.74 Å². The Bertz CT molecular complexity index is 695. The van der Waals surface area contributed by atoms with Crippen LogP contribution >= 0.6 is 34.5 Å². The topological polar surface area (TPSA) is 52.3 Å². The Labute approximate surface area is 137 Å². The molecule has 0 saturated heterocycles. The van der Waals surface area contributed by atoms with E-state index in [0.29, 0.717) is 20.6 Å². The van der Waals surface area contributed by atoms with Crippen molar-refractivity contribution in [3.63, 3.8) is 0 Å². The van der Waals surface area contributed by atoms with Gasteiger partial charge < -0.3 is 10.5 Å². The fourth-order valence-corrected chi connectivity index (χ4v) is 3.93. The fourth-order valence-electron chi connectivity index (χ4n) is 2.15. The van der Waals surface area contributed by atoms with Crippen molar-refractivity contribution in [1.29, 1.82) is 0 Å². The highest BCUT2D eigenvalue weighted by atomic mass is 35.5. The van der Waals surface area contributed by atoms with Gasteiger partial charge in [-0.1, -0.05) is 49.2 Å². The largest absolute Gasteiger partial charge is 0.465 e. The molecule has 2 N–H and O–H groups in total. The number of carbonyl (C=O) groups excluding carboxylic acids is 1. The van der Waals surface area contributed by atoms with E-state index in [1.807, 2.05) is 26.0 Å². The van der Waals surface area contributed by atoms with Crippen molar-refractivity contribution in [2.45, 2.75) is 19.8 Å². The van der Waals surface area contributed by atoms with Gasteiger partial charge in [-0.25, -0.2) is 4.79 Å². The lowest BCUT2D eigenvalue weighted by Gasteiger charge is -2.10. The Morgan fingerprint density at radius 2 is 2.00 bits per heavy atom. The number of methoxy groups -OCH3 is 1. The lowest BCUT2D eigenvalue weighted by molar-refractivity contribution is 0.0607. The molecule has 0 aliphatic heterocycles. The first kappa shape index (κ1) is 16.1. The minimum atomic E-state index is -0.441. The Morgan fingerprint density at radius 3 is 2.57 bits per heavy atom. The third-order valence-corrected chi connectivity index (χ3v) is 5.18. The van der Waals surface area contributed by atoms with Crippen molar-refractivity contribution in [1.82, 2.24) is 0 Å². The third kappa shape index (κ3) is 2.89. The Morgan fingerprint density at radius 1 is 1.33 bits per heavy atom. The number of halogens is 2. The van der Waals surface area contributed by atoms with Crippen LogP contribution in [0.3, 0.4) is 0 Å². The summed E-state index contributed by atoms with van der Waals surface area (Å²) in [5.74, 6) is -0.298. The van der Waals surface area contributed by atoms with Gasteiger partial charge in [0.1, 0.15) is 4.88 Å². The van der Waals surface area contributed by atoms with Crippen molar-refractivity contribution in [2.75, 3.05) is 12.8 Å². The SMILES string of the molecule is COC(=O)c1sc(-c2cccc(Cl)c2Cl)c(C(C)C)c1N. The average molecular weight is 344 g/mol. The molecule has 6 heteroatoms. The van der Waals surface area contributed by atoms with Gasteiger partial charge in [0.25, 0.3) is 0 Å². The van der Waals surface area contributed by atoms with E-state index >= 15 is 0 Å². The summed E-state index contributed by atoms with van der Waals surface area (Å²) in [5.41, 5.74) is 8.26. The first-order valence-corrected chi connectivity index (χ1v) is 7.90. The maximum Gasteiger partial charge on any atom is 0.350 e. The van der Waals surface area contributed by atoms with Crippen molar-refractivity contribution >= 4 is 46.2 Å². The van der Waals surface area contributed by atoms with E-state index in [0.717, 1.165) is 16.0 Å². The van der Waals surface area contributed by atoms with E-state index < -0.39 is 5.97 Å². The highest BCUT2D eigenvalue weighted by molar-refractivity contribution is 7.18. The number of carbonyl (C=O) groups is 1. The molecule has 2 aromatic rings. The zero-order chi connectivity index (χ0) is 15.7. The summed E-state index contributed by atoms with van der Waals surface area (Å²) < 4.78 is 4.79. The molecule has 0 radical (unpaired) electrons. The smallest absolute Gasteiger partial charge is 0.350 e. The van der Waals surface area contributed by atoms with E-state index in [-0.39, 0.29) is 5.92 Å². The zero-order valence-corrected chi connectivity index (χ0v) is 14.2. The first-order chi connectivity index (χ1) is 9.88. The molecule has 0 spiro atoms. The molecule has 2 rings (SSSR count). The van der Waals surface area contributed by atoms with Gasteiger partial charge >= 0.3 is 5.97 Å². The number of ether oxygens (including phenoxy) is 1. The van der Waals surface area contributed by atoms with E-state index in [1.165, 1.54) is 18.4 Å². The molecule has 0 saturated carbocycles. The number of anilines is 1. The second kappa shape index (κ2) is 6.26. The number of hydrogen-bond acceptors (Lipinski definition) is 4. The maximum atomic E-state index is 11.9. The number of nitrogen functional groups attached to an aromatic ring is 1. The highest BCUT2D eigenvalue weighted by Gasteiger charge is 2.25. The second-order valence-electron chi connectivity index (χ2n) is 4.84. The van der Waals surface area contributed by atoms with E-state index in [4.69, 9.17) is 33.7 Å². The van der Waals surface area contributed by atoms with Gasteiger partial charge in [-0.2, -0.15) is 0 Å². The molecule has 1 aromatic heterocycles. The van der Waals surface area contributed by atoms with Crippen LogP contribution in [0.5, 0.6) is 0 Å². The minimum absolute atomic E-state index is 0.143. The molecule has 0 unspecified atom stereocenters. The highest BCUT2D eigenvalue weighted by Crippen LogP contribution is 2.46. The van der Waals surface area contributed by atoms with Gasteiger partial charge in [-0.05, 0) is 17.5 Å². The molecule has 0 amide bonds. The molecule has 0 bridgehead atoms. The predicted molar refractivity (Wildman–Crippen MR) is 89.6 cm³/mol. The van der Waals surface area contributed by atoms with Crippen LogP contribution in [0.2, 0.25) is 10.0 Å². The number of hydrogen-bond donors (Lipinski definition) is 1. The Balaban J connectivity index is 2.74. The summed E-state index contributed by atoms with van der Waals surface area (Å²) >= 11 is 13.7. The lowest BCUT2D eigenvalue weighted by atomic mass is 9.98. The standard InChI is InChI=1S/C15H15Cl2NO2S/c1-7(2)10-12(18)14(15(19)20-3)21-13(10)8-5-4-6-9(16)11(8)17/h4-7H,18H2,1-3H3. The first-order valence-electron chi connectivity index (χ1n) is 6.33. The van der Waals surface area contributed by atoms with Crippen molar-refractivity contribution in [2.24, 2.45) is 0 Å². The maximum absolute atomic E-state index is 11.9. The molecule has 1 heterocycles.